The molecule has 0 aliphatic rings. The lowest BCUT2D eigenvalue weighted by atomic mass is 9.82. The number of anilines is 1. The molecule has 3 aromatic heterocycles. The number of carbonyl (C=O) groups excluding carboxylic acids is 1. The number of aromatic nitrogens is 4. The van der Waals surface area contributed by atoms with E-state index >= 15 is 0 Å². The Morgan fingerprint density at radius 3 is 2.34 bits per heavy atom. The number of fused-ring (bicyclic) bond motifs is 1. The fourth-order valence-electron chi connectivity index (χ4n) is 4.96. The van der Waals surface area contributed by atoms with Crippen LogP contribution in [0.1, 0.15) is 27.2 Å². The van der Waals surface area contributed by atoms with Crippen LogP contribution < -0.4 is 5.32 Å². The van der Waals surface area contributed by atoms with Gasteiger partial charge in [0.25, 0.3) is 5.91 Å². The molecule has 2 N–H and O–H groups in total. The van der Waals surface area contributed by atoms with Gasteiger partial charge in [-0.15, -0.1) is 0 Å². The third kappa shape index (κ3) is 5.07. The van der Waals surface area contributed by atoms with Crippen molar-refractivity contribution in [2.24, 2.45) is 7.05 Å². The van der Waals surface area contributed by atoms with E-state index in [1.165, 1.54) is 0 Å². The number of hydrogen-bond donors (Lipinski definition) is 2. The van der Waals surface area contributed by atoms with E-state index in [9.17, 15) is 9.90 Å². The minimum atomic E-state index is -1.55. The molecule has 202 valence electrons. The highest BCUT2D eigenvalue weighted by atomic mass is 35.5. The molecule has 41 heavy (non-hydrogen) atoms. The van der Waals surface area contributed by atoms with Gasteiger partial charge in [0.1, 0.15) is 5.82 Å². The highest BCUT2D eigenvalue weighted by Gasteiger charge is 2.37. The van der Waals surface area contributed by atoms with Crippen molar-refractivity contribution in [3.8, 4) is 11.1 Å². The average molecular weight is 580 g/mol. The molecule has 0 radical (unpaired) electrons. The zero-order valence-electron chi connectivity index (χ0n) is 21.8. The van der Waals surface area contributed by atoms with Gasteiger partial charge in [-0.05, 0) is 76.9 Å². The maximum Gasteiger partial charge on any atom is 0.256 e. The first kappa shape index (κ1) is 26.7. The molecule has 1 atom stereocenters. The second kappa shape index (κ2) is 10.8. The summed E-state index contributed by atoms with van der Waals surface area (Å²) < 4.78 is 1.78. The summed E-state index contributed by atoms with van der Waals surface area (Å²) >= 11 is 12.6. The quantitative estimate of drug-likeness (QED) is 0.224. The Morgan fingerprint density at radius 2 is 1.63 bits per heavy atom. The molecular weight excluding hydrogens is 557 g/mol. The van der Waals surface area contributed by atoms with Crippen molar-refractivity contribution >= 4 is 45.8 Å². The van der Waals surface area contributed by atoms with E-state index in [-0.39, 0.29) is 5.91 Å². The Bertz CT molecular complexity index is 1890. The molecule has 0 aliphatic heterocycles. The van der Waals surface area contributed by atoms with Crippen molar-refractivity contribution in [1.82, 2.24) is 19.5 Å². The van der Waals surface area contributed by atoms with E-state index in [1.807, 2.05) is 49.5 Å². The topological polar surface area (TPSA) is 92.9 Å². The van der Waals surface area contributed by atoms with Crippen LogP contribution in [0.3, 0.4) is 0 Å². The van der Waals surface area contributed by atoms with Gasteiger partial charge in [-0.25, -0.2) is 9.97 Å². The number of hydrogen-bond acceptors (Lipinski definition) is 5. The van der Waals surface area contributed by atoms with Gasteiger partial charge >= 0.3 is 0 Å². The summed E-state index contributed by atoms with van der Waals surface area (Å²) in [4.78, 5) is 25.9. The Labute approximate surface area is 246 Å². The molecule has 0 spiro atoms. The van der Waals surface area contributed by atoms with Crippen LogP contribution in [0, 0.1) is 0 Å². The Morgan fingerprint density at radius 1 is 0.878 bits per heavy atom. The van der Waals surface area contributed by atoms with Crippen LogP contribution in [0.2, 0.25) is 10.0 Å². The van der Waals surface area contributed by atoms with Gasteiger partial charge in [0.15, 0.2) is 5.60 Å². The number of carbonyl (C=O) groups is 1. The molecule has 0 saturated heterocycles. The standard InChI is InChI=1S/C32H23Cl2N5O2/c1-39-19-36-18-29(39)32(41,22-5-8-24(33)9-6-22)23-7-10-28-27(16-23)26(21-3-2-4-25(34)15-21)17-30(37-28)38-31(40)20-11-13-35-14-12-20/h2-19,41H,1H3,(H,37,38,40). The highest BCUT2D eigenvalue weighted by Crippen LogP contribution is 2.40. The minimum Gasteiger partial charge on any atom is -0.374 e. The van der Waals surface area contributed by atoms with Crippen molar-refractivity contribution in [2.75, 3.05) is 5.32 Å². The number of nitrogens with zero attached hydrogens (tertiary/aromatic N) is 4. The summed E-state index contributed by atoms with van der Waals surface area (Å²) in [6, 6.07) is 25.2. The van der Waals surface area contributed by atoms with Crippen molar-refractivity contribution in [1.29, 1.82) is 0 Å². The second-order valence-corrected chi connectivity index (χ2v) is 10.5. The summed E-state index contributed by atoms with van der Waals surface area (Å²) in [6.45, 7) is 0. The summed E-state index contributed by atoms with van der Waals surface area (Å²) in [5, 5.41) is 17.2. The van der Waals surface area contributed by atoms with Crippen LogP contribution in [0.25, 0.3) is 22.0 Å². The van der Waals surface area contributed by atoms with Crippen LogP contribution in [0.15, 0.2) is 110 Å². The number of benzene rings is 3. The van der Waals surface area contributed by atoms with Crippen molar-refractivity contribution in [2.45, 2.75) is 5.60 Å². The SMILES string of the molecule is Cn1cncc1C(O)(c1ccc(Cl)cc1)c1ccc2nc(NC(=O)c3ccncc3)cc(-c3cccc(Cl)c3)c2c1. The maximum absolute atomic E-state index is 12.9. The maximum atomic E-state index is 12.9. The molecule has 0 saturated carbocycles. The minimum absolute atomic E-state index is 0.304. The van der Waals surface area contributed by atoms with Gasteiger partial charge < -0.3 is 15.0 Å². The molecule has 9 heteroatoms. The van der Waals surface area contributed by atoms with E-state index in [1.54, 1.807) is 71.9 Å². The van der Waals surface area contributed by atoms with Gasteiger partial charge in [0, 0.05) is 40.4 Å². The van der Waals surface area contributed by atoms with E-state index < -0.39 is 5.60 Å². The van der Waals surface area contributed by atoms with Gasteiger partial charge in [-0.2, -0.15) is 0 Å². The number of pyridine rings is 2. The Balaban J connectivity index is 1.55. The molecule has 1 amide bonds. The van der Waals surface area contributed by atoms with Crippen LogP contribution in [-0.4, -0.2) is 30.5 Å². The zero-order valence-corrected chi connectivity index (χ0v) is 23.3. The first-order valence-corrected chi connectivity index (χ1v) is 13.5. The highest BCUT2D eigenvalue weighted by molar-refractivity contribution is 6.31. The lowest BCUT2D eigenvalue weighted by molar-refractivity contribution is 0.102. The first-order chi connectivity index (χ1) is 19.8. The normalized spacial score (nSPS) is 12.7. The number of aryl methyl sites for hydroxylation is 1. The predicted molar refractivity (Wildman–Crippen MR) is 161 cm³/mol. The van der Waals surface area contributed by atoms with Crippen molar-refractivity contribution in [3.05, 3.63) is 142 Å². The van der Waals surface area contributed by atoms with Crippen LogP contribution >= 0.6 is 23.2 Å². The molecule has 3 heterocycles. The molecular formula is C32H23Cl2N5O2. The fourth-order valence-corrected chi connectivity index (χ4v) is 5.28. The first-order valence-electron chi connectivity index (χ1n) is 12.7. The summed E-state index contributed by atoms with van der Waals surface area (Å²) in [5.74, 6) is 0.0721. The number of halogens is 2. The summed E-state index contributed by atoms with van der Waals surface area (Å²) in [6.07, 6.45) is 6.41. The number of rotatable bonds is 6. The van der Waals surface area contributed by atoms with Gasteiger partial charge in [-0.3, -0.25) is 9.78 Å². The van der Waals surface area contributed by atoms with Gasteiger partial charge in [-0.1, -0.05) is 53.5 Å². The van der Waals surface area contributed by atoms with Crippen molar-refractivity contribution in [3.63, 3.8) is 0 Å². The van der Waals surface area contributed by atoms with Crippen LogP contribution in [0.4, 0.5) is 5.82 Å². The molecule has 3 aromatic carbocycles. The monoisotopic (exact) mass is 579 g/mol. The summed E-state index contributed by atoms with van der Waals surface area (Å²) in [7, 11) is 1.83. The summed E-state index contributed by atoms with van der Waals surface area (Å²) in [5.41, 5.74) is 2.97. The Kier molecular flexibility index (Phi) is 7.01. The molecule has 1 unspecified atom stereocenters. The molecule has 6 aromatic rings. The van der Waals surface area contributed by atoms with Crippen molar-refractivity contribution < 1.29 is 9.90 Å². The zero-order chi connectivity index (χ0) is 28.6. The van der Waals surface area contributed by atoms with Crippen LogP contribution in [-0.2, 0) is 12.6 Å². The molecule has 0 bridgehead atoms. The van der Waals surface area contributed by atoms with Crippen LogP contribution in [0.5, 0.6) is 0 Å². The molecule has 0 aliphatic carbocycles. The number of aliphatic hydroxyl groups is 1. The molecule has 6 rings (SSSR count). The molecule has 0 fully saturated rings. The number of imidazole rings is 1. The van der Waals surface area contributed by atoms with E-state index in [2.05, 4.69) is 15.3 Å². The Hall–Kier alpha value is -4.56. The lowest BCUT2D eigenvalue weighted by Crippen LogP contribution is -2.31. The third-order valence-electron chi connectivity index (χ3n) is 7.00. The second-order valence-electron chi connectivity index (χ2n) is 9.59. The smallest absolute Gasteiger partial charge is 0.256 e. The van der Waals surface area contributed by atoms with E-state index in [4.69, 9.17) is 28.2 Å². The fraction of sp³-hybridized carbons (Fsp3) is 0.0625. The van der Waals surface area contributed by atoms with Gasteiger partial charge in [0.05, 0.1) is 23.7 Å². The largest absolute Gasteiger partial charge is 0.374 e. The third-order valence-corrected chi connectivity index (χ3v) is 7.48. The lowest BCUT2D eigenvalue weighted by Gasteiger charge is -2.30. The number of nitrogens with one attached hydrogen (secondary N) is 1. The van der Waals surface area contributed by atoms with E-state index in [0.29, 0.717) is 43.8 Å². The van der Waals surface area contributed by atoms with E-state index in [0.717, 1.165) is 16.5 Å². The number of amides is 1. The molecule has 7 nitrogen and oxygen atoms in total. The van der Waals surface area contributed by atoms with Gasteiger partial charge in [0.2, 0.25) is 0 Å². The average Bonchev–Trinajstić information content (AvgIpc) is 3.43. The predicted octanol–water partition coefficient (Wildman–Crippen LogP) is 6.87.